The largest absolute Gasteiger partial charge is 0.554 e. The van der Waals surface area contributed by atoms with Crippen molar-refractivity contribution in [2.75, 3.05) is 0 Å². The van der Waals surface area contributed by atoms with Crippen LogP contribution in [0.3, 0.4) is 0 Å². The number of aryl methyl sites for hydroxylation is 2. The van der Waals surface area contributed by atoms with Crippen LogP contribution < -0.4 is 9.67 Å². The number of hydrogen-bond acceptors (Lipinski definition) is 2. The van der Waals surface area contributed by atoms with Crippen LogP contribution in [0.5, 0.6) is 0 Å². The van der Waals surface area contributed by atoms with Crippen LogP contribution in [-0.4, -0.2) is 11.0 Å². The van der Waals surface area contributed by atoms with E-state index >= 15 is 0 Å². The maximum Gasteiger partial charge on any atom is 0.244 e. The summed E-state index contributed by atoms with van der Waals surface area (Å²) in [6, 6.07) is 5.97. The smallest absolute Gasteiger partial charge is 0.244 e. The minimum atomic E-state index is -0.500. The molecule has 1 aromatic heterocycles. The molecule has 0 aliphatic rings. The van der Waals surface area contributed by atoms with Gasteiger partial charge in [-0.1, -0.05) is 11.6 Å². The number of nitrogens with zero attached hydrogens (tertiary/aromatic N) is 2. The predicted octanol–water partition coefficient (Wildman–Crippen LogP) is 0.505. The highest BCUT2D eigenvalue weighted by atomic mass is 35.5. The van der Waals surface area contributed by atoms with E-state index in [0.717, 1.165) is 11.6 Å². The van der Waals surface area contributed by atoms with Gasteiger partial charge in [-0.2, -0.15) is 0 Å². The van der Waals surface area contributed by atoms with Crippen molar-refractivity contribution in [2.45, 2.75) is 13.5 Å². The van der Waals surface area contributed by atoms with Crippen molar-refractivity contribution in [3.05, 3.63) is 29.5 Å². The van der Waals surface area contributed by atoms with Crippen molar-refractivity contribution in [1.29, 1.82) is 0 Å². The molecule has 2 aromatic rings. The van der Waals surface area contributed by atoms with Crippen LogP contribution >= 0.6 is 11.6 Å². The van der Waals surface area contributed by atoms with Gasteiger partial charge in [0, 0.05) is 17.6 Å². The molecular formula is C11H13ClN2O2. The van der Waals surface area contributed by atoms with Crippen molar-refractivity contribution >= 4 is 29.1 Å². The van der Waals surface area contributed by atoms with Crippen LogP contribution in [0.25, 0.3) is 11.0 Å². The van der Waals surface area contributed by atoms with Gasteiger partial charge in [0.05, 0.1) is 13.6 Å². The summed E-state index contributed by atoms with van der Waals surface area (Å²) in [5, 5.41) is 9.04. The topological polar surface area (TPSA) is 48.9 Å². The van der Waals surface area contributed by atoms with E-state index in [1.54, 1.807) is 0 Å². The average Bonchev–Trinajstić information content (AvgIpc) is 2.56. The monoisotopic (exact) mass is 240 g/mol. The molecule has 1 heterocycles. The molecule has 0 aliphatic heterocycles. The Morgan fingerprint density at radius 3 is 2.75 bits per heavy atom. The Hall–Kier alpha value is -1.55. The second-order valence-corrected chi connectivity index (χ2v) is 3.68. The van der Waals surface area contributed by atoms with Gasteiger partial charge in [0.1, 0.15) is 0 Å². The summed E-state index contributed by atoms with van der Waals surface area (Å²) in [4.78, 5) is 8.25. The molecule has 0 N–H and O–H groups in total. The Labute approximate surface area is 98.7 Å². The first kappa shape index (κ1) is 12.5. The molecule has 2 rings (SSSR count). The number of imidazole rings is 1. The van der Waals surface area contributed by atoms with Gasteiger partial charge in [0.25, 0.3) is 0 Å². The van der Waals surface area contributed by atoms with Crippen molar-refractivity contribution < 1.29 is 14.5 Å². The van der Waals surface area contributed by atoms with E-state index in [1.807, 2.05) is 25.2 Å². The quantitative estimate of drug-likeness (QED) is 0.539. The molecule has 0 fully saturated rings. The van der Waals surface area contributed by atoms with Gasteiger partial charge in [-0.25, -0.2) is 9.13 Å². The number of carboxylic acid groups (broad SMARTS) is 1. The summed E-state index contributed by atoms with van der Waals surface area (Å²) < 4.78 is 4.29. The minimum Gasteiger partial charge on any atom is -0.554 e. The van der Waals surface area contributed by atoms with E-state index in [0.29, 0.717) is 0 Å². The van der Waals surface area contributed by atoms with E-state index in [9.17, 15) is 0 Å². The third kappa shape index (κ3) is 2.52. The first-order chi connectivity index (χ1) is 7.63. The summed E-state index contributed by atoms with van der Waals surface area (Å²) in [6.45, 7) is 2.60. The minimum absolute atomic E-state index is 0.500. The first-order valence-electron chi connectivity index (χ1n) is 4.83. The zero-order valence-electron chi connectivity index (χ0n) is 9.18. The SMILES string of the molecule is CCn1c[n+](C)c2ccc(Cl)cc21.O=C[O-]. The van der Waals surface area contributed by atoms with Crippen molar-refractivity contribution in [1.82, 2.24) is 4.57 Å². The summed E-state index contributed by atoms with van der Waals surface area (Å²) >= 11 is 5.93. The van der Waals surface area contributed by atoms with E-state index < -0.39 is 6.47 Å². The molecule has 0 unspecified atom stereocenters. The predicted molar refractivity (Wildman–Crippen MR) is 59.9 cm³/mol. The van der Waals surface area contributed by atoms with E-state index in [1.165, 1.54) is 11.0 Å². The molecule has 0 amide bonds. The van der Waals surface area contributed by atoms with E-state index in [2.05, 4.69) is 22.4 Å². The van der Waals surface area contributed by atoms with E-state index in [-0.39, 0.29) is 0 Å². The molecule has 16 heavy (non-hydrogen) atoms. The molecule has 5 heteroatoms. The van der Waals surface area contributed by atoms with Crippen LogP contribution in [0, 0.1) is 0 Å². The van der Waals surface area contributed by atoms with Gasteiger partial charge in [-0.3, -0.25) is 0 Å². The Balaban J connectivity index is 0.000000386. The van der Waals surface area contributed by atoms with Gasteiger partial charge in [0.15, 0.2) is 11.0 Å². The zero-order chi connectivity index (χ0) is 12.1. The fraction of sp³-hybridized carbons (Fsp3) is 0.273. The second-order valence-electron chi connectivity index (χ2n) is 3.24. The number of benzene rings is 1. The number of halogens is 1. The average molecular weight is 241 g/mol. The van der Waals surface area contributed by atoms with Crippen molar-refractivity contribution in [2.24, 2.45) is 7.05 Å². The summed E-state index contributed by atoms with van der Waals surface area (Å²) in [5.74, 6) is 0. The third-order valence-electron chi connectivity index (χ3n) is 2.28. The van der Waals surface area contributed by atoms with Gasteiger partial charge < -0.3 is 9.90 Å². The molecule has 4 nitrogen and oxygen atoms in total. The highest BCUT2D eigenvalue weighted by molar-refractivity contribution is 6.31. The maximum atomic E-state index is 8.25. The Kier molecular flexibility index (Phi) is 4.31. The van der Waals surface area contributed by atoms with E-state index in [4.69, 9.17) is 21.5 Å². The van der Waals surface area contributed by atoms with Crippen LogP contribution in [0.4, 0.5) is 0 Å². The number of hydrogen-bond donors (Lipinski definition) is 0. The maximum absolute atomic E-state index is 8.25. The Bertz CT molecular complexity index is 494. The van der Waals surface area contributed by atoms with Gasteiger partial charge in [-0.15, -0.1) is 0 Å². The number of carbonyl (C=O) groups is 1. The molecular weight excluding hydrogens is 228 g/mol. The fourth-order valence-electron chi connectivity index (χ4n) is 1.61. The molecule has 86 valence electrons. The lowest BCUT2D eigenvalue weighted by Crippen LogP contribution is -2.25. The summed E-state index contributed by atoms with van der Waals surface area (Å²) in [5.41, 5.74) is 2.41. The fourth-order valence-corrected chi connectivity index (χ4v) is 1.78. The molecule has 1 aromatic carbocycles. The van der Waals surface area contributed by atoms with Gasteiger partial charge >= 0.3 is 0 Å². The highest BCUT2D eigenvalue weighted by Crippen LogP contribution is 2.16. The number of fused-ring (bicyclic) bond motifs is 1. The summed E-state index contributed by atoms with van der Waals surface area (Å²) in [7, 11) is 2.04. The van der Waals surface area contributed by atoms with Crippen LogP contribution in [0.2, 0.25) is 5.02 Å². The van der Waals surface area contributed by atoms with Crippen LogP contribution in [-0.2, 0) is 18.4 Å². The molecule has 0 saturated heterocycles. The number of rotatable bonds is 1. The Morgan fingerprint density at radius 1 is 1.56 bits per heavy atom. The van der Waals surface area contributed by atoms with Crippen LogP contribution in [0.1, 0.15) is 6.92 Å². The molecule has 0 bridgehead atoms. The standard InChI is InChI=1S/C10H12ClN2.CH2O2/c1-3-13-7-12(2)9-5-4-8(11)6-10(9)13;2-1-3/h4-7H,3H2,1-2H3;1H,(H,2,3)/q+1;/p-1. The third-order valence-corrected chi connectivity index (χ3v) is 2.52. The molecule has 0 atom stereocenters. The lowest BCUT2D eigenvalue weighted by atomic mass is 10.3. The first-order valence-corrected chi connectivity index (χ1v) is 5.21. The molecule has 0 aliphatic carbocycles. The second kappa shape index (κ2) is 5.51. The molecule has 0 radical (unpaired) electrons. The zero-order valence-corrected chi connectivity index (χ0v) is 9.94. The highest BCUT2D eigenvalue weighted by Gasteiger charge is 2.11. The van der Waals surface area contributed by atoms with Crippen molar-refractivity contribution in [3.63, 3.8) is 0 Å². The van der Waals surface area contributed by atoms with Crippen LogP contribution in [0.15, 0.2) is 24.5 Å². The molecule has 0 spiro atoms. The number of aromatic nitrogens is 2. The molecule has 0 saturated carbocycles. The lowest BCUT2D eigenvalue weighted by molar-refractivity contribution is -0.645. The van der Waals surface area contributed by atoms with Crippen molar-refractivity contribution in [3.8, 4) is 0 Å². The Morgan fingerprint density at radius 2 is 2.19 bits per heavy atom. The summed E-state index contributed by atoms with van der Waals surface area (Å²) in [6.07, 6.45) is 2.08. The normalized spacial score (nSPS) is 9.69. The number of carbonyl (C=O) groups excluding carboxylic acids is 1. The van der Waals surface area contributed by atoms with Gasteiger partial charge in [0.2, 0.25) is 6.33 Å². The van der Waals surface area contributed by atoms with Gasteiger partial charge in [-0.05, 0) is 19.1 Å². The lowest BCUT2D eigenvalue weighted by Gasteiger charge is -1.91.